The van der Waals surface area contributed by atoms with Crippen molar-refractivity contribution in [3.8, 4) is 0 Å². The molecule has 0 bridgehead atoms. The molecule has 0 radical (unpaired) electrons. The molecule has 220 valence electrons. The lowest BCUT2D eigenvalue weighted by molar-refractivity contribution is -0.124. The van der Waals surface area contributed by atoms with Gasteiger partial charge >= 0.3 is 6.03 Å². The Hall–Kier alpha value is -3.89. The number of benzene rings is 1. The number of likely N-dealkylation sites (N-methyl/N-ethyl adjacent to an activating group) is 1. The van der Waals surface area contributed by atoms with Gasteiger partial charge in [0, 0.05) is 51.5 Å². The number of hydrogen-bond acceptors (Lipinski definition) is 7. The number of carbonyl (C=O) groups is 3. The van der Waals surface area contributed by atoms with Crippen LogP contribution in [0.1, 0.15) is 68.4 Å². The highest BCUT2D eigenvalue weighted by molar-refractivity contribution is 5.96. The van der Waals surface area contributed by atoms with Crippen molar-refractivity contribution in [2.75, 3.05) is 50.0 Å². The fourth-order valence-corrected chi connectivity index (χ4v) is 6.46. The largest absolute Gasteiger partial charge is 0.364 e. The summed E-state index contributed by atoms with van der Waals surface area (Å²) in [6.07, 6.45) is 6.30. The SMILES string of the molecule is CN1CCN([C@@H]2CCCN(c3cnc(C(N)=O)c(Nc4ccc(C5CCN(C=O)C(C(C)(C)C)C5)cc4)n3)C2)C1=O. The Morgan fingerprint density at radius 3 is 2.49 bits per heavy atom. The first kappa shape index (κ1) is 28.6. The summed E-state index contributed by atoms with van der Waals surface area (Å²) in [7, 11) is 1.83. The summed E-state index contributed by atoms with van der Waals surface area (Å²) in [5.74, 6) is 0.673. The predicted octanol–water partition coefficient (Wildman–Crippen LogP) is 3.41. The van der Waals surface area contributed by atoms with E-state index in [1.54, 1.807) is 11.1 Å². The molecule has 11 nitrogen and oxygen atoms in total. The van der Waals surface area contributed by atoms with Gasteiger partial charge in [0.15, 0.2) is 11.5 Å². The molecule has 5 rings (SSSR count). The molecule has 4 heterocycles. The molecule has 2 aromatic rings. The minimum atomic E-state index is -0.652. The van der Waals surface area contributed by atoms with Crippen LogP contribution in [-0.4, -0.2) is 94.9 Å². The van der Waals surface area contributed by atoms with Gasteiger partial charge in [0.1, 0.15) is 5.82 Å². The van der Waals surface area contributed by atoms with Crippen LogP contribution in [0.25, 0.3) is 0 Å². The van der Waals surface area contributed by atoms with Crippen LogP contribution in [0.15, 0.2) is 30.5 Å². The number of rotatable bonds is 7. The van der Waals surface area contributed by atoms with E-state index >= 15 is 0 Å². The zero-order chi connectivity index (χ0) is 29.3. The smallest absolute Gasteiger partial charge is 0.320 e. The maximum absolute atomic E-state index is 12.6. The van der Waals surface area contributed by atoms with E-state index < -0.39 is 5.91 Å². The molecule has 3 aliphatic heterocycles. The number of hydrogen-bond donors (Lipinski definition) is 2. The van der Waals surface area contributed by atoms with Crippen molar-refractivity contribution in [2.45, 2.75) is 64.5 Å². The number of amides is 4. The van der Waals surface area contributed by atoms with Crippen molar-refractivity contribution in [3.63, 3.8) is 0 Å². The molecule has 0 saturated carbocycles. The van der Waals surface area contributed by atoms with Crippen LogP contribution in [0, 0.1) is 5.41 Å². The van der Waals surface area contributed by atoms with E-state index in [4.69, 9.17) is 10.7 Å². The normalized spacial score (nSPS) is 23.6. The van der Waals surface area contributed by atoms with Crippen molar-refractivity contribution in [2.24, 2.45) is 11.1 Å². The molecule has 4 amide bonds. The Bertz CT molecular complexity index is 1280. The number of likely N-dealkylation sites (tertiary alicyclic amines) is 1. The number of carbonyl (C=O) groups excluding carboxylic acids is 3. The third-order valence-electron chi connectivity index (χ3n) is 8.83. The monoisotopic (exact) mass is 562 g/mol. The van der Waals surface area contributed by atoms with Gasteiger partial charge in [-0.1, -0.05) is 32.9 Å². The lowest BCUT2D eigenvalue weighted by Crippen LogP contribution is -2.49. The van der Waals surface area contributed by atoms with Crippen LogP contribution in [-0.2, 0) is 4.79 Å². The van der Waals surface area contributed by atoms with E-state index in [1.807, 2.05) is 29.0 Å². The van der Waals surface area contributed by atoms with Crippen LogP contribution in [0.3, 0.4) is 0 Å². The summed E-state index contributed by atoms with van der Waals surface area (Å²) >= 11 is 0. The predicted molar refractivity (Wildman–Crippen MR) is 158 cm³/mol. The Labute approximate surface area is 242 Å². The van der Waals surface area contributed by atoms with Gasteiger partial charge in [0.2, 0.25) is 6.41 Å². The minimum absolute atomic E-state index is 0.00462. The number of nitrogens with two attached hydrogens (primary N) is 1. The van der Waals surface area contributed by atoms with Crippen LogP contribution in [0.4, 0.5) is 22.1 Å². The second-order valence-corrected chi connectivity index (χ2v) is 12.6. The summed E-state index contributed by atoms with van der Waals surface area (Å²) in [4.78, 5) is 53.3. The van der Waals surface area contributed by atoms with Crippen molar-refractivity contribution in [3.05, 3.63) is 41.7 Å². The number of aromatic nitrogens is 2. The molecule has 3 fully saturated rings. The van der Waals surface area contributed by atoms with Gasteiger partial charge in [0.05, 0.1) is 12.2 Å². The number of nitrogens with zero attached hydrogens (tertiary/aromatic N) is 6. The molecule has 1 aromatic carbocycles. The lowest BCUT2D eigenvalue weighted by Gasteiger charge is -2.44. The van der Waals surface area contributed by atoms with Crippen LogP contribution in [0.5, 0.6) is 0 Å². The molecule has 3 aliphatic rings. The first-order chi connectivity index (χ1) is 19.5. The van der Waals surface area contributed by atoms with E-state index in [0.29, 0.717) is 24.1 Å². The molecule has 1 aromatic heterocycles. The van der Waals surface area contributed by atoms with Gasteiger partial charge < -0.3 is 30.7 Å². The minimum Gasteiger partial charge on any atom is -0.364 e. The summed E-state index contributed by atoms with van der Waals surface area (Å²) in [6, 6.07) is 8.54. The molecular weight excluding hydrogens is 520 g/mol. The number of nitrogens with one attached hydrogen (secondary N) is 1. The van der Waals surface area contributed by atoms with Gasteiger partial charge in [0.25, 0.3) is 5.91 Å². The number of primary amides is 1. The molecule has 41 heavy (non-hydrogen) atoms. The molecular formula is C30H42N8O3. The lowest BCUT2D eigenvalue weighted by atomic mass is 9.75. The summed E-state index contributed by atoms with van der Waals surface area (Å²) in [5.41, 5.74) is 7.74. The van der Waals surface area contributed by atoms with Crippen LogP contribution in [0.2, 0.25) is 0 Å². The average molecular weight is 563 g/mol. The fraction of sp³-hybridized carbons (Fsp3) is 0.567. The number of urea groups is 1. The van der Waals surface area contributed by atoms with Crippen molar-refractivity contribution >= 4 is 35.7 Å². The highest BCUT2D eigenvalue weighted by Gasteiger charge is 2.36. The molecule has 0 aliphatic carbocycles. The van der Waals surface area contributed by atoms with E-state index in [-0.39, 0.29) is 29.2 Å². The quantitative estimate of drug-likeness (QED) is 0.495. The Balaban J connectivity index is 1.31. The number of piperidine rings is 2. The summed E-state index contributed by atoms with van der Waals surface area (Å²) < 4.78 is 0. The van der Waals surface area contributed by atoms with Gasteiger partial charge in [-0.25, -0.2) is 14.8 Å². The Morgan fingerprint density at radius 2 is 1.85 bits per heavy atom. The number of anilines is 3. The van der Waals surface area contributed by atoms with E-state index in [2.05, 4.69) is 48.1 Å². The second-order valence-electron chi connectivity index (χ2n) is 12.6. The van der Waals surface area contributed by atoms with Crippen LogP contribution >= 0.6 is 0 Å². The highest BCUT2D eigenvalue weighted by atomic mass is 16.2. The second kappa shape index (κ2) is 11.5. The first-order valence-corrected chi connectivity index (χ1v) is 14.6. The molecule has 3 saturated heterocycles. The molecule has 11 heteroatoms. The van der Waals surface area contributed by atoms with E-state index in [0.717, 1.165) is 64.0 Å². The summed E-state index contributed by atoms with van der Waals surface area (Å²) in [5, 5.41) is 3.27. The van der Waals surface area contributed by atoms with Crippen molar-refractivity contribution in [1.29, 1.82) is 0 Å². The van der Waals surface area contributed by atoms with Gasteiger partial charge in [-0.15, -0.1) is 0 Å². The maximum Gasteiger partial charge on any atom is 0.320 e. The topological polar surface area (TPSA) is 128 Å². The van der Waals surface area contributed by atoms with Crippen molar-refractivity contribution < 1.29 is 14.4 Å². The average Bonchev–Trinajstić information content (AvgIpc) is 3.30. The zero-order valence-electron chi connectivity index (χ0n) is 24.5. The fourth-order valence-electron chi connectivity index (χ4n) is 6.46. The van der Waals surface area contributed by atoms with Gasteiger partial charge in [-0.05, 0) is 54.7 Å². The maximum atomic E-state index is 12.6. The third-order valence-corrected chi connectivity index (χ3v) is 8.83. The standard InChI is InChI=1S/C30H42N8O3/c1-30(2,3)24-16-21(11-13-37(24)19-39)20-7-9-22(10-8-20)33-28-26(27(31)40)32-17-25(34-28)36-12-5-6-23(18-36)38-15-14-35(4)29(38)41/h7-10,17,19,21,23-24H,5-6,11-16,18H2,1-4H3,(H2,31,40)(H,33,34)/t21?,23-,24?/m1/s1. The van der Waals surface area contributed by atoms with E-state index in [1.165, 1.54) is 5.56 Å². The zero-order valence-corrected chi connectivity index (χ0v) is 24.5. The van der Waals surface area contributed by atoms with Gasteiger partial charge in [-0.2, -0.15) is 0 Å². The van der Waals surface area contributed by atoms with Gasteiger partial charge in [-0.3, -0.25) is 9.59 Å². The van der Waals surface area contributed by atoms with Crippen molar-refractivity contribution in [1.82, 2.24) is 24.7 Å². The van der Waals surface area contributed by atoms with E-state index in [9.17, 15) is 14.4 Å². The summed E-state index contributed by atoms with van der Waals surface area (Å²) in [6.45, 7) is 10.2. The molecule has 3 atom stereocenters. The Kier molecular flexibility index (Phi) is 8.06. The van der Waals surface area contributed by atoms with Crippen LogP contribution < -0.4 is 16.0 Å². The Morgan fingerprint density at radius 1 is 1.10 bits per heavy atom. The molecule has 0 spiro atoms. The first-order valence-electron chi connectivity index (χ1n) is 14.6. The third kappa shape index (κ3) is 6.08. The molecule has 2 unspecified atom stereocenters. The molecule has 3 N–H and O–H groups in total. The highest BCUT2D eigenvalue weighted by Crippen LogP contribution is 2.38.